The van der Waals surface area contributed by atoms with Crippen LogP contribution in [-0.2, 0) is 6.54 Å². The highest BCUT2D eigenvalue weighted by Crippen LogP contribution is 2.34. The molecule has 0 aliphatic rings. The SMILES string of the molecule is CCn1c(=O)c(-c2ccc(Cl)cc2)c(O)c2ccc(OC)cc21. The first-order valence-corrected chi connectivity index (χ1v) is 7.64. The van der Waals surface area contributed by atoms with Crippen molar-refractivity contribution < 1.29 is 9.84 Å². The van der Waals surface area contributed by atoms with Gasteiger partial charge in [-0.05, 0) is 36.8 Å². The smallest absolute Gasteiger partial charge is 0.262 e. The van der Waals surface area contributed by atoms with Crippen molar-refractivity contribution in [3.05, 3.63) is 57.8 Å². The highest BCUT2D eigenvalue weighted by atomic mass is 35.5. The summed E-state index contributed by atoms with van der Waals surface area (Å²) in [7, 11) is 1.57. The highest BCUT2D eigenvalue weighted by molar-refractivity contribution is 6.30. The summed E-state index contributed by atoms with van der Waals surface area (Å²) in [5.74, 6) is 0.609. The average molecular weight is 330 g/mol. The summed E-state index contributed by atoms with van der Waals surface area (Å²) < 4.78 is 6.84. The van der Waals surface area contributed by atoms with E-state index in [1.165, 1.54) is 0 Å². The number of aryl methyl sites for hydroxylation is 1. The molecular weight excluding hydrogens is 314 g/mol. The molecule has 3 aromatic rings. The summed E-state index contributed by atoms with van der Waals surface area (Å²) in [5, 5.41) is 11.8. The number of hydrogen-bond acceptors (Lipinski definition) is 3. The first-order valence-electron chi connectivity index (χ1n) is 7.26. The van der Waals surface area contributed by atoms with Gasteiger partial charge in [0.15, 0.2) is 0 Å². The molecule has 0 aliphatic heterocycles. The summed E-state index contributed by atoms with van der Waals surface area (Å²) >= 11 is 5.91. The van der Waals surface area contributed by atoms with Gasteiger partial charge >= 0.3 is 0 Å². The lowest BCUT2D eigenvalue weighted by atomic mass is 10.0. The molecule has 0 spiro atoms. The molecule has 0 amide bonds. The van der Waals surface area contributed by atoms with E-state index in [1.54, 1.807) is 54.1 Å². The number of ether oxygens (including phenoxy) is 1. The van der Waals surface area contributed by atoms with Crippen molar-refractivity contribution in [2.45, 2.75) is 13.5 Å². The predicted molar refractivity (Wildman–Crippen MR) is 92.5 cm³/mol. The van der Waals surface area contributed by atoms with E-state index in [0.717, 1.165) is 0 Å². The van der Waals surface area contributed by atoms with Crippen molar-refractivity contribution in [3.63, 3.8) is 0 Å². The molecule has 0 saturated carbocycles. The average Bonchev–Trinajstić information content (AvgIpc) is 2.56. The molecule has 1 N–H and O–H groups in total. The molecule has 118 valence electrons. The quantitative estimate of drug-likeness (QED) is 0.788. The number of aromatic hydroxyl groups is 1. The molecule has 0 atom stereocenters. The lowest BCUT2D eigenvalue weighted by molar-refractivity contribution is 0.415. The van der Waals surface area contributed by atoms with Gasteiger partial charge in [0.1, 0.15) is 11.5 Å². The molecule has 23 heavy (non-hydrogen) atoms. The van der Waals surface area contributed by atoms with E-state index in [0.29, 0.717) is 33.8 Å². The van der Waals surface area contributed by atoms with Crippen LogP contribution < -0.4 is 10.3 Å². The fourth-order valence-electron chi connectivity index (χ4n) is 2.73. The van der Waals surface area contributed by atoms with Gasteiger partial charge in [0.2, 0.25) is 0 Å². The van der Waals surface area contributed by atoms with Crippen molar-refractivity contribution in [2.75, 3.05) is 7.11 Å². The van der Waals surface area contributed by atoms with Crippen LogP contribution in [-0.4, -0.2) is 16.8 Å². The summed E-state index contributed by atoms with van der Waals surface area (Å²) in [6.45, 7) is 2.38. The molecule has 0 unspecified atom stereocenters. The molecule has 0 saturated heterocycles. The molecule has 3 rings (SSSR count). The second kappa shape index (κ2) is 5.97. The van der Waals surface area contributed by atoms with E-state index in [9.17, 15) is 9.90 Å². The Labute approximate surface area is 138 Å². The van der Waals surface area contributed by atoms with E-state index in [2.05, 4.69) is 0 Å². The van der Waals surface area contributed by atoms with Gasteiger partial charge in [0, 0.05) is 23.0 Å². The molecule has 1 heterocycles. The van der Waals surface area contributed by atoms with Gasteiger partial charge in [-0.2, -0.15) is 0 Å². The highest BCUT2D eigenvalue weighted by Gasteiger charge is 2.17. The number of halogens is 1. The predicted octanol–water partition coefficient (Wildman–Crippen LogP) is 4.06. The second-order valence-electron chi connectivity index (χ2n) is 5.16. The van der Waals surface area contributed by atoms with Crippen molar-refractivity contribution in [1.82, 2.24) is 4.57 Å². The lowest BCUT2D eigenvalue weighted by Gasteiger charge is -2.14. The third-order valence-corrected chi connectivity index (χ3v) is 4.15. The number of aromatic nitrogens is 1. The van der Waals surface area contributed by atoms with Crippen LogP contribution in [0.3, 0.4) is 0 Å². The number of hydrogen-bond donors (Lipinski definition) is 1. The molecule has 0 fully saturated rings. The Hall–Kier alpha value is -2.46. The number of nitrogens with zero attached hydrogens (tertiary/aromatic N) is 1. The first-order chi connectivity index (χ1) is 11.1. The number of rotatable bonds is 3. The van der Waals surface area contributed by atoms with Gasteiger partial charge in [-0.25, -0.2) is 0 Å². The van der Waals surface area contributed by atoms with Crippen LogP contribution in [0, 0.1) is 0 Å². The molecule has 0 aliphatic carbocycles. The fraction of sp³-hybridized carbons (Fsp3) is 0.167. The fourth-order valence-corrected chi connectivity index (χ4v) is 2.86. The zero-order chi connectivity index (χ0) is 16.6. The van der Waals surface area contributed by atoms with Crippen molar-refractivity contribution in [1.29, 1.82) is 0 Å². The molecule has 4 nitrogen and oxygen atoms in total. The van der Waals surface area contributed by atoms with Crippen LogP contribution in [0.15, 0.2) is 47.3 Å². The minimum Gasteiger partial charge on any atom is -0.506 e. The number of benzene rings is 2. The van der Waals surface area contributed by atoms with Crippen LogP contribution in [0.25, 0.3) is 22.0 Å². The van der Waals surface area contributed by atoms with Gasteiger partial charge in [-0.3, -0.25) is 4.79 Å². The molecule has 0 bridgehead atoms. The van der Waals surface area contributed by atoms with E-state index >= 15 is 0 Å². The molecular formula is C18H16ClNO3. The number of fused-ring (bicyclic) bond motifs is 1. The monoisotopic (exact) mass is 329 g/mol. The van der Waals surface area contributed by atoms with E-state index in [1.807, 2.05) is 6.92 Å². The van der Waals surface area contributed by atoms with E-state index in [4.69, 9.17) is 16.3 Å². The third kappa shape index (κ3) is 2.55. The maximum absolute atomic E-state index is 12.8. The summed E-state index contributed by atoms with van der Waals surface area (Å²) in [5.41, 5.74) is 1.32. The van der Waals surface area contributed by atoms with Gasteiger partial charge in [-0.1, -0.05) is 23.7 Å². The molecule has 2 aromatic carbocycles. The summed E-state index contributed by atoms with van der Waals surface area (Å²) in [6, 6.07) is 12.1. The maximum atomic E-state index is 12.8. The maximum Gasteiger partial charge on any atom is 0.262 e. The first kappa shape index (κ1) is 15.4. The van der Waals surface area contributed by atoms with Crippen molar-refractivity contribution >= 4 is 22.5 Å². The summed E-state index contributed by atoms with van der Waals surface area (Å²) in [6.07, 6.45) is 0. The molecule has 1 aromatic heterocycles. The number of methoxy groups -OCH3 is 1. The van der Waals surface area contributed by atoms with Crippen molar-refractivity contribution in [3.8, 4) is 22.6 Å². The Balaban J connectivity index is 2.40. The van der Waals surface area contributed by atoms with Crippen LogP contribution in [0.2, 0.25) is 5.02 Å². The zero-order valence-electron chi connectivity index (χ0n) is 12.8. The van der Waals surface area contributed by atoms with Crippen LogP contribution >= 0.6 is 11.6 Å². The largest absolute Gasteiger partial charge is 0.506 e. The van der Waals surface area contributed by atoms with Crippen molar-refractivity contribution in [2.24, 2.45) is 0 Å². The molecule has 5 heteroatoms. The zero-order valence-corrected chi connectivity index (χ0v) is 13.6. The van der Waals surface area contributed by atoms with E-state index < -0.39 is 0 Å². The van der Waals surface area contributed by atoms with Gasteiger partial charge in [0.25, 0.3) is 5.56 Å². The Bertz CT molecular complexity index is 930. The van der Waals surface area contributed by atoms with Gasteiger partial charge < -0.3 is 14.4 Å². The number of pyridine rings is 1. The summed E-state index contributed by atoms with van der Waals surface area (Å²) in [4.78, 5) is 12.8. The topological polar surface area (TPSA) is 51.5 Å². The lowest BCUT2D eigenvalue weighted by Crippen LogP contribution is -2.21. The normalized spacial score (nSPS) is 10.9. The minimum atomic E-state index is -0.243. The minimum absolute atomic E-state index is 0.0281. The third-order valence-electron chi connectivity index (χ3n) is 3.90. The molecule has 0 radical (unpaired) electrons. The Morgan fingerprint density at radius 3 is 2.48 bits per heavy atom. The van der Waals surface area contributed by atoms with Crippen LogP contribution in [0.5, 0.6) is 11.5 Å². The Morgan fingerprint density at radius 1 is 1.17 bits per heavy atom. The Kier molecular flexibility index (Phi) is 4.01. The Morgan fingerprint density at radius 2 is 1.87 bits per heavy atom. The second-order valence-corrected chi connectivity index (χ2v) is 5.60. The van der Waals surface area contributed by atoms with E-state index in [-0.39, 0.29) is 16.9 Å². The van der Waals surface area contributed by atoms with Crippen LogP contribution in [0.4, 0.5) is 0 Å². The standard InChI is InChI=1S/C18H16ClNO3/c1-3-20-15-10-13(23-2)8-9-14(15)17(21)16(18(20)22)11-4-6-12(19)7-5-11/h4-10,21H,3H2,1-2H3. The van der Waals surface area contributed by atoms with Gasteiger partial charge in [0.05, 0.1) is 18.2 Å². The van der Waals surface area contributed by atoms with Crippen LogP contribution in [0.1, 0.15) is 6.92 Å². The van der Waals surface area contributed by atoms with Gasteiger partial charge in [-0.15, -0.1) is 0 Å².